The molecule has 0 radical (unpaired) electrons. The summed E-state index contributed by atoms with van der Waals surface area (Å²) in [4.78, 5) is 28.4. The van der Waals surface area contributed by atoms with Gasteiger partial charge < -0.3 is 14.6 Å². The summed E-state index contributed by atoms with van der Waals surface area (Å²) >= 11 is 0. The van der Waals surface area contributed by atoms with E-state index in [0.29, 0.717) is 22.9 Å². The summed E-state index contributed by atoms with van der Waals surface area (Å²) in [5.74, 6) is -1.27. The van der Waals surface area contributed by atoms with Crippen molar-refractivity contribution in [2.75, 3.05) is 7.11 Å². The van der Waals surface area contributed by atoms with Gasteiger partial charge in [0.1, 0.15) is 0 Å². The maximum absolute atomic E-state index is 12.0. The molecule has 0 N–H and O–H groups in total. The molecule has 2 aromatic carbocycles. The lowest BCUT2D eigenvalue weighted by Crippen LogP contribution is -2.27. The quantitative estimate of drug-likeness (QED) is 0.644. The van der Waals surface area contributed by atoms with Crippen LogP contribution in [0.4, 0.5) is 0 Å². The number of rotatable bonds is 3. The summed E-state index contributed by atoms with van der Waals surface area (Å²) in [5.41, 5.74) is 4.72. The maximum atomic E-state index is 12.0. The van der Waals surface area contributed by atoms with Gasteiger partial charge in [0.05, 0.1) is 29.9 Å². The lowest BCUT2D eigenvalue weighted by molar-refractivity contribution is -0.254. The number of aromatic carboxylic acids is 1. The normalized spacial score (nSPS) is 17.2. The van der Waals surface area contributed by atoms with Crippen molar-refractivity contribution in [3.8, 4) is 0 Å². The minimum atomic E-state index is -1.17. The van der Waals surface area contributed by atoms with Crippen LogP contribution in [0.25, 0.3) is 22.6 Å². The van der Waals surface area contributed by atoms with Crippen LogP contribution in [-0.2, 0) is 11.2 Å². The lowest BCUT2D eigenvalue weighted by atomic mass is 9.80. The Labute approximate surface area is 168 Å². The molecule has 5 nitrogen and oxygen atoms in total. The van der Waals surface area contributed by atoms with Crippen LogP contribution in [0.2, 0.25) is 0 Å². The molecule has 0 unspecified atom stereocenters. The highest BCUT2D eigenvalue weighted by molar-refractivity contribution is 6.05. The van der Waals surface area contributed by atoms with Crippen LogP contribution in [0, 0.1) is 5.92 Å². The zero-order valence-corrected chi connectivity index (χ0v) is 16.3. The monoisotopic (exact) mass is 386 g/mol. The van der Waals surface area contributed by atoms with Gasteiger partial charge in [0.25, 0.3) is 0 Å². The molecular weight excluding hydrogens is 366 g/mol. The van der Waals surface area contributed by atoms with Gasteiger partial charge in [0.15, 0.2) is 0 Å². The Morgan fingerprint density at radius 3 is 2.52 bits per heavy atom. The van der Waals surface area contributed by atoms with Crippen molar-refractivity contribution in [3.63, 3.8) is 0 Å². The summed E-state index contributed by atoms with van der Waals surface area (Å²) in [7, 11) is 1.35. The van der Waals surface area contributed by atoms with Crippen LogP contribution in [0.15, 0.2) is 48.5 Å². The number of carboxylic acid groups (broad SMARTS) is 1. The summed E-state index contributed by atoms with van der Waals surface area (Å²) in [5, 5.41) is 12.6. The summed E-state index contributed by atoms with van der Waals surface area (Å²) in [6.45, 7) is 2.10. The molecule has 1 atom stereocenters. The molecule has 146 valence electrons. The Bertz CT molecular complexity index is 1150. The van der Waals surface area contributed by atoms with Crippen molar-refractivity contribution in [3.05, 3.63) is 76.5 Å². The average molecular weight is 386 g/mol. The molecule has 1 heterocycles. The second kappa shape index (κ2) is 7.51. The molecule has 4 rings (SSSR count). The van der Waals surface area contributed by atoms with Crippen molar-refractivity contribution in [2.45, 2.75) is 19.8 Å². The number of benzene rings is 2. The largest absolute Gasteiger partial charge is 0.545 e. The minimum Gasteiger partial charge on any atom is -0.545 e. The molecule has 0 fully saturated rings. The van der Waals surface area contributed by atoms with E-state index in [0.717, 1.165) is 28.8 Å². The highest BCUT2D eigenvalue weighted by Crippen LogP contribution is 2.38. The predicted molar refractivity (Wildman–Crippen MR) is 109 cm³/mol. The molecule has 5 heteroatoms. The van der Waals surface area contributed by atoms with E-state index >= 15 is 0 Å². The van der Waals surface area contributed by atoms with Gasteiger partial charge in [-0.2, -0.15) is 0 Å². The Balaban J connectivity index is 1.87. The van der Waals surface area contributed by atoms with Gasteiger partial charge in [-0.15, -0.1) is 0 Å². The van der Waals surface area contributed by atoms with Crippen LogP contribution < -0.4 is 5.11 Å². The SMILES string of the molecule is COC(=O)c1ccc(/C=C2\C[C@@H](C)Cc3c2nc2ccccc2c3C(=O)[O-])cc1. The first kappa shape index (κ1) is 18.9. The molecule has 1 aliphatic carbocycles. The first-order valence-corrected chi connectivity index (χ1v) is 9.50. The summed E-state index contributed by atoms with van der Waals surface area (Å²) in [6.07, 6.45) is 3.45. The molecule has 1 aliphatic rings. The zero-order chi connectivity index (χ0) is 20.5. The van der Waals surface area contributed by atoms with E-state index in [4.69, 9.17) is 9.72 Å². The van der Waals surface area contributed by atoms with Crippen molar-refractivity contribution < 1.29 is 19.4 Å². The fourth-order valence-electron chi connectivity index (χ4n) is 4.00. The lowest BCUT2D eigenvalue weighted by Gasteiger charge is -2.27. The van der Waals surface area contributed by atoms with E-state index in [1.165, 1.54) is 7.11 Å². The number of carbonyl (C=O) groups excluding carboxylic acids is 2. The maximum Gasteiger partial charge on any atom is 0.337 e. The van der Waals surface area contributed by atoms with Crippen molar-refractivity contribution >= 4 is 34.5 Å². The van der Waals surface area contributed by atoms with Crippen molar-refractivity contribution in [1.29, 1.82) is 0 Å². The van der Waals surface area contributed by atoms with Gasteiger partial charge in [-0.05, 0) is 59.7 Å². The first-order chi connectivity index (χ1) is 14.0. The average Bonchev–Trinajstić information content (AvgIpc) is 2.72. The number of carboxylic acids is 1. The molecular formula is C24H20NO4-. The van der Waals surface area contributed by atoms with Crippen LogP contribution in [0.5, 0.6) is 0 Å². The zero-order valence-electron chi connectivity index (χ0n) is 16.3. The van der Waals surface area contributed by atoms with E-state index in [1.54, 1.807) is 18.2 Å². The minimum absolute atomic E-state index is 0.240. The number of nitrogens with zero attached hydrogens (tertiary/aromatic N) is 1. The number of methoxy groups -OCH3 is 1. The number of hydrogen-bond acceptors (Lipinski definition) is 5. The van der Waals surface area contributed by atoms with E-state index in [-0.39, 0.29) is 17.5 Å². The number of aromatic nitrogens is 1. The smallest absolute Gasteiger partial charge is 0.337 e. The van der Waals surface area contributed by atoms with Crippen LogP contribution in [0.3, 0.4) is 0 Å². The van der Waals surface area contributed by atoms with E-state index < -0.39 is 5.97 Å². The fourth-order valence-corrected chi connectivity index (χ4v) is 4.00. The molecule has 0 spiro atoms. The number of carbonyl (C=O) groups is 2. The number of para-hydroxylation sites is 1. The van der Waals surface area contributed by atoms with Crippen LogP contribution in [-0.4, -0.2) is 24.0 Å². The molecule has 29 heavy (non-hydrogen) atoms. The molecule has 0 saturated carbocycles. The molecule has 0 amide bonds. The van der Waals surface area contributed by atoms with Gasteiger partial charge in [-0.1, -0.05) is 37.3 Å². The second-order valence-electron chi connectivity index (χ2n) is 7.42. The number of hydrogen-bond donors (Lipinski definition) is 0. The van der Waals surface area contributed by atoms with Gasteiger partial charge in [0.2, 0.25) is 0 Å². The van der Waals surface area contributed by atoms with E-state index in [2.05, 4.69) is 6.92 Å². The van der Waals surface area contributed by atoms with Crippen LogP contribution >= 0.6 is 0 Å². The topological polar surface area (TPSA) is 79.3 Å². The second-order valence-corrected chi connectivity index (χ2v) is 7.42. The number of fused-ring (bicyclic) bond motifs is 2. The van der Waals surface area contributed by atoms with E-state index in [9.17, 15) is 14.7 Å². The molecule has 1 aromatic heterocycles. The highest BCUT2D eigenvalue weighted by Gasteiger charge is 2.25. The first-order valence-electron chi connectivity index (χ1n) is 9.50. The fraction of sp³-hybridized carbons (Fsp3) is 0.208. The standard InChI is InChI=1S/C24H21NO4/c1-14-11-17(13-15-7-9-16(10-8-15)24(28)29-2)22-19(12-14)21(23(26)27)18-5-3-4-6-20(18)25-22/h3-10,13-14H,11-12H2,1-2H3,(H,26,27)/p-1/b17-13+/t14-/m1/s1. The van der Waals surface area contributed by atoms with Gasteiger partial charge >= 0.3 is 5.97 Å². The molecule has 3 aromatic rings. The van der Waals surface area contributed by atoms with Crippen molar-refractivity contribution in [2.24, 2.45) is 5.92 Å². The predicted octanol–water partition coefficient (Wildman–Crippen LogP) is 3.51. The van der Waals surface area contributed by atoms with Gasteiger partial charge in [-0.25, -0.2) is 9.78 Å². The van der Waals surface area contributed by atoms with Gasteiger partial charge in [0, 0.05) is 10.9 Å². The number of esters is 1. The van der Waals surface area contributed by atoms with Crippen LogP contribution in [0.1, 0.15) is 50.9 Å². The Morgan fingerprint density at radius 2 is 1.83 bits per heavy atom. The number of ether oxygens (including phenoxy) is 1. The summed E-state index contributed by atoms with van der Waals surface area (Å²) < 4.78 is 4.74. The Kier molecular flexibility index (Phi) is 4.89. The summed E-state index contributed by atoms with van der Waals surface area (Å²) in [6, 6.07) is 14.4. The molecule has 0 saturated heterocycles. The van der Waals surface area contributed by atoms with E-state index in [1.807, 2.05) is 36.4 Å². The van der Waals surface area contributed by atoms with Crippen molar-refractivity contribution in [1.82, 2.24) is 4.98 Å². The molecule has 0 aliphatic heterocycles. The third-order valence-corrected chi connectivity index (χ3v) is 5.30. The Hall–Kier alpha value is -3.47. The van der Waals surface area contributed by atoms with Gasteiger partial charge in [-0.3, -0.25) is 0 Å². The number of pyridine rings is 1. The number of allylic oxidation sites excluding steroid dienone is 1. The highest BCUT2D eigenvalue weighted by atomic mass is 16.5. The molecule has 0 bridgehead atoms. The Morgan fingerprint density at radius 1 is 1.10 bits per heavy atom. The third-order valence-electron chi connectivity index (χ3n) is 5.30. The third kappa shape index (κ3) is 3.51.